The number of carbonyl (C=O) groups is 3. The first-order valence-corrected chi connectivity index (χ1v) is 14.0. The Bertz CT molecular complexity index is 746. The van der Waals surface area contributed by atoms with Crippen molar-refractivity contribution in [3.05, 3.63) is 11.6 Å². The molecule has 2 aliphatic heterocycles. The lowest BCUT2D eigenvalue weighted by Crippen LogP contribution is -2.58. The molecule has 2 saturated heterocycles. The smallest absolute Gasteiger partial charge is 0.249 e. The SMILES string of the molecule is CC(=C[C@H](C(C)C)N(C)C(=O)[C@@H](NC(=O)C1CCCCN1C(C)C)C(C)C)C(=O)N1CCSC1. The van der Waals surface area contributed by atoms with Gasteiger partial charge < -0.3 is 15.1 Å². The van der Waals surface area contributed by atoms with Crippen molar-refractivity contribution in [2.45, 2.75) is 91.9 Å². The number of carbonyl (C=O) groups excluding carboxylic acids is 3. The van der Waals surface area contributed by atoms with Gasteiger partial charge in [-0.3, -0.25) is 19.3 Å². The maximum Gasteiger partial charge on any atom is 0.249 e. The fourth-order valence-corrected chi connectivity index (χ4v) is 5.83. The average molecular weight is 495 g/mol. The topological polar surface area (TPSA) is 73.0 Å². The molecule has 0 aliphatic carbocycles. The standard InChI is InChI=1S/C26H46N4O3S/c1-17(2)22(15-20(7)25(32)29-13-14-34-16-29)28(8)26(33)23(18(3)4)27-24(31)21-11-9-10-12-30(21)19(5)6/h15,17-19,21-23H,9-14,16H2,1-8H3,(H,27,31)/t21?,22-,23+/m1/s1. The third kappa shape index (κ3) is 7.23. The highest BCUT2D eigenvalue weighted by atomic mass is 32.2. The molecule has 2 aliphatic rings. The van der Waals surface area contributed by atoms with E-state index in [9.17, 15) is 14.4 Å². The fourth-order valence-electron chi connectivity index (χ4n) is 4.89. The van der Waals surface area contributed by atoms with E-state index in [2.05, 4.69) is 37.9 Å². The van der Waals surface area contributed by atoms with Gasteiger partial charge in [0.2, 0.25) is 17.7 Å². The van der Waals surface area contributed by atoms with Crippen LogP contribution in [-0.4, -0.2) is 88.4 Å². The van der Waals surface area contributed by atoms with Crippen LogP contribution in [0.5, 0.6) is 0 Å². The summed E-state index contributed by atoms with van der Waals surface area (Å²) >= 11 is 1.76. The van der Waals surface area contributed by atoms with Crippen LogP contribution < -0.4 is 5.32 Å². The molecular formula is C26H46N4O3S. The zero-order valence-corrected chi connectivity index (χ0v) is 23.3. The summed E-state index contributed by atoms with van der Waals surface area (Å²) in [4.78, 5) is 45.6. The Hall–Kier alpha value is -1.54. The van der Waals surface area contributed by atoms with Crippen LogP contribution in [0.1, 0.15) is 67.7 Å². The third-order valence-corrected chi connectivity index (χ3v) is 7.98. The molecule has 2 rings (SSSR count). The molecule has 0 aromatic heterocycles. The van der Waals surface area contributed by atoms with Crippen LogP contribution in [0.3, 0.4) is 0 Å². The molecule has 1 N–H and O–H groups in total. The molecule has 2 fully saturated rings. The molecule has 3 atom stereocenters. The molecule has 0 aromatic carbocycles. The van der Waals surface area contributed by atoms with Crippen molar-refractivity contribution in [3.8, 4) is 0 Å². The van der Waals surface area contributed by atoms with Crippen LogP contribution in [0.2, 0.25) is 0 Å². The summed E-state index contributed by atoms with van der Waals surface area (Å²) in [6, 6.07) is -0.732. The minimum atomic E-state index is -0.603. The Balaban J connectivity index is 2.17. The number of likely N-dealkylation sites (tertiary alicyclic amines) is 1. The van der Waals surface area contributed by atoms with E-state index < -0.39 is 6.04 Å². The van der Waals surface area contributed by atoms with Gasteiger partial charge in [-0.15, -0.1) is 11.8 Å². The predicted molar refractivity (Wildman–Crippen MR) is 140 cm³/mol. The van der Waals surface area contributed by atoms with Gasteiger partial charge in [0.15, 0.2) is 0 Å². The summed E-state index contributed by atoms with van der Waals surface area (Å²) in [5.74, 6) is 1.65. The van der Waals surface area contributed by atoms with Crippen molar-refractivity contribution in [3.63, 3.8) is 0 Å². The van der Waals surface area contributed by atoms with Gasteiger partial charge in [0.1, 0.15) is 6.04 Å². The lowest BCUT2D eigenvalue weighted by Gasteiger charge is -2.39. The number of piperidine rings is 1. The molecule has 0 bridgehead atoms. The number of amides is 3. The molecule has 194 valence electrons. The number of thioether (sulfide) groups is 1. The Morgan fingerprint density at radius 2 is 1.71 bits per heavy atom. The van der Waals surface area contributed by atoms with Gasteiger partial charge in [-0.1, -0.05) is 40.2 Å². The summed E-state index contributed by atoms with van der Waals surface area (Å²) in [5, 5.41) is 3.10. The van der Waals surface area contributed by atoms with Crippen LogP contribution in [0.15, 0.2) is 11.6 Å². The number of likely N-dealkylation sites (N-methyl/N-ethyl adjacent to an activating group) is 1. The van der Waals surface area contributed by atoms with Crippen LogP contribution in [-0.2, 0) is 14.4 Å². The second-order valence-corrected chi connectivity index (χ2v) is 11.8. The monoisotopic (exact) mass is 494 g/mol. The van der Waals surface area contributed by atoms with Gasteiger partial charge in [0.05, 0.1) is 18.0 Å². The first-order chi connectivity index (χ1) is 16.0. The minimum Gasteiger partial charge on any atom is -0.343 e. The van der Waals surface area contributed by atoms with Crippen molar-refractivity contribution >= 4 is 29.5 Å². The highest BCUT2D eigenvalue weighted by Gasteiger charge is 2.36. The first-order valence-electron chi connectivity index (χ1n) is 12.8. The molecule has 8 heteroatoms. The second kappa shape index (κ2) is 13.0. The van der Waals surface area contributed by atoms with Crippen LogP contribution in [0.25, 0.3) is 0 Å². The predicted octanol–water partition coefficient (Wildman–Crippen LogP) is 3.35. The van der Waals surface area contributed by atoms with E-state index in [0.717, 1.165) is 44.0 Å². The van der Waals surface area contributed by atoms with Gasteiger partial charge in [-0.2, -0.15) is 0 Å². The van der Waals surface area contributed by atoms with Crippen LogP contribution >= 0.6 is 11.8 Å². The summed E-state index contributed by atoms with van der Waals surface area (Å²) in [5.41, 5.74) is 0.667. The molecule has 1 unspecified atom stereocenters. The van der Waals surface area contributed by atoms with E-state index in [0.29, 0.717) is 5.57 Å². The van der Waals surface area contributed by atoms with Gasteiger partial charge in [-0.25, -0.2) is 0 Å². The molecule has 0 aromatic rings. The summed E-state index contributed by atoms with van der Waals surface area (Å²) in [6.45, 7) is 15.8. The van der Waals surface area contributed by atoms with Crippen molar-refractivity contribution in [2.75, 3.05) is 31.8 Å². The quantitative estimate of drug-likeness (QED) is 0.498. The molecule has 7 nitrogen and oxygen atoms in total. The van der Waals surface area contributed by atoms with E-state index in [1.807, 2.05) is 31.7 Å². The third-order valence-electron chi connectivity index (χ3n) is 7.02. The highest BCUT2D eigenvalue weighted by Crippen LogP contribution is 2.22. The molecule has 0 saturated carbocycles. The minimum absolute atomic E-state index is 0.0382. The van der Waals surface area contributed by atoms with E-state index in [1.165, 1.54) is 0 Å². The van der Waals surface area contributed by atoms with Crippen molar-refractivity contribution in [2.24, 2.45) is 11.8 Å². The molecular weight excluding hydrogens is 448 g/mol. The summed E-state index contributed by atoms with van der Waals surface area (Å²) < 4.78 is 0. The Kier molecular flexibility index (Phi) is 10.9. The van der Waals surface area contributed by atoms with Gasteiger partial charge in [-0.05, 0) is 52.0 Å². The Labute approximate surface area is 211 Å². The Morgan fingerprint density at radius 3 is 2.24 bits per heavy atom. The van der Waals surface area contributed by atoms with Gasteiger partial charge in [0, 0.05) is 31.0 Å². The lowest BCUT2D eigenvalue weighted by molar-refractivity contribution is -0.140. The van der Waals surface area contributed by atoms with Crippen LogP contribution in [0.4, 0.5) is 0 Å². The van der Waals surface area contributed by atoms with E-state index in [-0.39, 0.29) is 47.7 Å². The number of nitrogens with one attached hydrogen (secondary N) is 1. The normalized spacial score (nSPS) is 21.8. The van der Waals surface area contributed by atoms with Crippen molar-refractivity contribution in [1.82, 2.24) is 20.0 Å². The molecule has 0 radical (unpaired) electrons. The molecule has 3 amide bonds. The maximum absolute atomic E-state index is 13.6. The molecule has 2 heterocycles. The number of rotatable bonds is 9. The van der Waals surface area contributed by atoms with Gasteiger partial charge >= 0.3 is 0 Å². The molecule has 34 heavy (non-hydrogen) atoms. The number of hydrogen-bond acceptors (Lipinski definition) is 5. The zero-order valence-electron chi connectivity index (χ0n) is 22.5. The summed E-state index contributed by atoms with van der Waals surface area (Å²) in [7, 11) is 1.79. The van der Waals surface area contributed by atoms with Crippen molar-refractivity contribution in [1.29, 1.82) is 0 Å². The van der Waals surface area contributed by atoms with E-state index in [4.69, 9.17) is 0 Å². The largest absolute Gasteiger partial charge is 0.343 e. The lowest BCUT2D eigenvalue weighted by atomic mass is 9.95. The number of nitrogens with zero attached hydrogens (tertiary/aromatic N) is 3. The van der Waals surface area contributed by atoms with Crippen LogP contribution in [0, 0.1) is 11.8 Å². The van der Waals surface area contributed by atoms with Crippen molar-refractivity contribution < 1.29 is 14.4 Å². The fraction of sp³-hybridized carbons (Fsp3) is 0.808. The first kappa shape index (κ1) is 28.7. The Morgan fingerprint density at radius 1 is 1.03 bits per heavy atom. The number of hydrogen-bond donors (Lipinski definition) is 1. The maximum atomic E-state index is 13.6. The second-order valence-electron chi connectivity index (χ2n) is 10.7. The zero-order chi connectivity index (χ0) is 25.6. The summed E-state index contributed by atoms with van der Waals surface area (Å²) in [6.07, 6.45) is 4.89. The molecule has 0 spiro atoms. The van der Waals surface area contributed by atoms with E-state index >= 15 is 0 Å². The highest BCUT2D eigenvalue weighted by molar-refractivity contribution is 7.99. The van der Waals surface area contributed by atoms with Gasteiger partial charge in [0.25, 0.3) is 0 Å². The average Bonchev–Trinajstić information content (AvgIpc) is 3.33. The van der Waals surface area contributed by atoms with E-state index in [1.54, 1.807) is 23.7 Å².